The van der Waals surface area contributed by atoms with Gasteiger partial charge in [0, 0.05) is 11.3 Å². The fraction of sp³-hybridized carbons (Fsp3) is 0.385. The predicted molar refractivity (Wildman–Crippen MR) is 65.1 cm³/mol. The van der Waals surface area contributed by atoms with E-state index in [1.54, 1.807) is 6.08 Å². The maximum Gasteiger partial charge on any atom is 0.223 e. The Kier molecular flexibility index (Phi) is 4.70. The third-order valence-corrected chi connectivity index (χ3v) is 2.71. The minimum absolute atomic E-state index is 0.192. The second kappa shape index (κ2) is 6.05. The summed E-state index contributed by atoms with van der Waals surface area (Å²) in [5.74, 6) is -0.198. The zero-order valence-electron chi connectivity index (χ0n) is 9.50. The van der Waals surface area contributed by atoms with Crippen molar-refractivity contribution in [1.29, 1.82) is 0 Å². The van der Waals surface area contributed by atoms with Crippen molar-refractivity contribution in [2.45, 2.75) is 31.7 Å². The van der Waals surface area contributed by atoms with Crippen LogP contribution in [0.5, 0.6) is 0 Å². The van der Waals surface area contributed by atoms with E-state index in [-0.39, 0.29) is 10.8 Å². The highest BCUT2D eigenvalue weighted by Crippen LogP contribution is 2.25. The van der Waals surface area contributed by atoms with Gasteiger partial charge in [-0.15, -0.1) is 6.58 Å². The van der Waals surface area contributed by atoms with Crippen LogP contribution in [0.1, 0.15) is 31.2 Å². The third-order valence-electron chi connectivity index (χ3n) is 2.71. The topological polar surface area (TPSA) is 43.1 Å². The first-order valence-corrected chi connectivity index (χ1v) is 5.51. The summed E-state index contributed by atoms with van der Waals surface area (Å²) in [7, 11) is 0. The van der Waals surface area contributed by atoms with E-state index >= 15 is 0 Å². The number of hydrogen-bond acceptors (Lipinski definition) is 2. The summed E-state index contributed by atoms with van der Waals surface area (Å²) in [4.78, 5) is 10.8. The van der Waals surface area contributed by atoms with E-state index in [1.165, 1.54) is 0 Å². The average molecular weight is 219 g/mol. The molecule has 0 unspecified atom stereocenters. The Morgan fingerprint density at radius 2 is 2.06 bits per heavy atom. The molecule has 0 N–H and O–H groups in total. The lowest BCUT2D eigenvalue weighted by Gasteiger charge is -2.17. The smallest absolute Gasteiger partial charge is 0.223 e. The van der Waals surface area contributed by atoms with Crippen LogP contribution >= 0.6 is 0 Å². The zero-order chi connectivity index (χ0) is 12.0. The van der Waals surface area contributed by atoms with Gasteiger partial charge >= 0.3 is 0 Å². The Balaban J connectivity index is 2.95. The SMILES string of the molecule is C=C[C@H](c1ccccc1)[C@@H](CCC)[N+](=O)[O-]. The fourth-order valence-electron chi connectivity index (χ4n) is 1.90. The molecule has 0 radical (unpaired) electrons. The van der Waals surface area contributed by atoms with E-state index in [2.05, 4.69) is 6.58 Å². The second-order valence-electron chi connectivity index (χ2n) is 3.81. The minimum atomic E-state index is -0.565. The van der Waals surface area contributed by atoms with Crippen LogP contribution in [0, 0.1) is 10.1 Å². The lowest BCUT2D eigenvalue weighted by Crippen LogP contribution is -2.26. The quantitative estimate of drug-likeness (QED) is 0.418. The van der Waals surface area contributed by atoms with Crippen molar-refractivity contribution in [2.75, 3.05) is 0 Å². The fourth-order valence-corrected chi connectivity index (χ4v) is 1.90. The Hall–Kier alpha value is -1.64. The van der Waals surface area contributed by atoms with Gasteiger partial charge in [0.25, 0.3) is 0 Å². The van der Waals surface area contributed by atoms with Gasteiger partial charge in [-0.2, -0.15) is 0 Å². The Labute approximate surface area is 95.9 Å². The molecule has 0 amide bonds. The van der Waals surface area contributed by atoms with Crippen molar-refractivity contribution in [3.05, 3.63) is 58.7 Å². The molecule has 3 nitrogen and oxygen atoms in total. The first-order valence-electron chi connectivity index (χ1n) is 5.51. The molecular formula is C13H17NO2. The van der Waals surface area contributed by atoms with Crippen LogP contribution in [0.15, 0.2) is 43.0 Å². The van der Waals surface area contributed by atoms with E-state index in [4.69, 9.17) is 0 Å². The van der Waals surface area contributed by atoms with Crippen molar-refractivity contribution in [3.63, 3.8) is 0 Å². The van der Waals surface area contributed by atoms with Crippen LogP contribution in [0.25, 0.3) is 0 Å². The van der Waals surface area contributed by atoms with Gasteiger partial charge in [0.2, 0.25) is 6.04 Å². The van der Waals surface area contributed by atoms with Gasteiger partial charge in [-0.1, -0.05) is 43.3 Å². The van der Waals surface area contributed by atoms with Gasteiger partial charge in [-0.3, -0.25) is 10.1 Å². The van der Waals surface area contributed by atoms with Crippen LogP contribution < -0.4 is 0 Å². The zero-order valence-corrected chi connectivity index (χ0v) is 9.50. The van der Waals surface area contributed by atoms with Crippen molar-refractivity contribution >= 4 is 0 Å². The first-order chi connectivity index (χ1) is 7.70. The van der Waals surface area contributed by atoms with E-state index < -0.39 is 6.04 Å². The molecule has 0 heterocycles. The van der Waals surface area contributed by atoms with Crippen LogP contribution in [-0.2, 0) is 0 Å². The molecule has 0 spiro atoms. The van der Waals surface area contributed by atoms with Crippen LogP contribution in [0.3, 0.4) is 0 Å². The molecule has 0 bridgehead atoms. The third kappa shape index (κ3) is 2.92. The number of benzene rings is 1. The number of hydrogen-bond donors (Lipinski definition) is 0. The lowest BCUT2D eigenvalue weighted by molar-refractivity contribution is -0.525. The van der Waals surface area contributed by atoms with E-state index in [1.807, 2.05) is 37.3 Å². The summed E-state index contributed by atoms with van der Waals surface area (Å²) in [5.41, 5.74) is 0.965. The maximum absolute atomic E-state index is 11.0. The van der Waals surface area contributed by atoms with Crippen LogP contribution in [0.4, 0.5) is 0 Å². The van der Waals surface area contributed by atoms with E-state index in [9.17, 15) is 10.1 Å². The molecule has 86 valence electrons. The average Bonchev–Trinajstić information content (AvgIpc) is 2.30. The summed E-state index contributed by atoms with van der Waals surface area (Å²) < 4.78 is 0. The number of rotatable bonds is 6. The molecule has 2 atom stereocenters. The van der Waals surface area contributed by atoms with E-state index in [0.717, 1.165) is 12.0 Å². The Morgan fingerprint density at radius 3 is 2.50 bits per heavy atom. The van der Waals surface area contributed by atoms with Gasteiger partial charge in [0.15, 0.2) is 0 Å². The molecule has 0 aromatic heterocycles. The number of nitrogens with zero attached hydrogens (tertiary/aromatic N) is 1. The van der Waals surface area contributed by atoms with Crippen molar-refractivity contribution in [2.24, 2.45) is 0 Å². The molecule has 1 rings (SSSR count). The largest absolute Gasteiger partial charge is 0.264 e. The monoisotopic (exact) mass is 219 g/mol. The summed E-state index contributed by atoms with van der Waals surface area (Å²) in [6, 6.07) is 8.97. The predicted octanol–water partition coefficient (Wildman–Crippen LogP) is 3.40. The van der Waals surface area contributed by atoms with Gasteiger partial charge in [-0.05, 0) is 12.0 Å². The highest BCUT2D eigenvalue weighted by atomic mass is 16.6. The standard InChI is InChI=1S/C13H17NO2/c1-3-8-13(14(15)16)12(4-2)11-9-6-5-7-10-11/h4-7,9-10,12-13H,2-3,8H2,1H3/t12-,13-/m1/s1. The molecular weight excluding hydrogens is 202 g/mol. The molecule has 0 fully saturated rings. The van der Waals surface area contributed by atoms with Gasteiger partial charge < -0.3 is 0 Å². The molecule has 1 aromatic carbocycles. The highest BCUT2D eigenvalue weighted by Gasteiger charge is 2.29. The second-order valence-corrected chi connectivity index (χ2v) is 3.81. The summed E-state index contributed by atoms with van der Waals surface area (Å²) in [6.45, 7) is 5.68. The van der Waals surface area contributed by atoms with E-state index in [0.29, 0.717) is 6.42 Å². The Bertz CT molecular complexity index is 348. The van der Waals surface area contributed by atoms with Crippen LogP contribution in [0.2, 0.25) is 0 Å². The van der Waals surface area contributed by atoms with Gasteiger partial charge in [0.05, 0.1) is 5.92 Å². The van der Waals surface area contributed by atoms with Crippen molar-refractivity contribution in [3.8, 4) is 0 Å². The van der Waals surface area contributed by atoms with Crippen molar-refractivity contribution < 1.29 is 4.92 Å². The van der Waals surface area contributed by atoms with Gasteiger partial charge in [-0.25, -0.2) is 0 Å². The Morgan fingerprint density at radius 1 is 1.44 bits per heavy atom. The molecule has 0 aliphatic rings. The maximum atomic E-state index is 11.0. The summed E-state index contributed by atoms with van der Waals surface area (Å²) in [6.07, 6.45) is 3.07. The molecule has 1 aromatic rings. The molecule has 0 saturated heterocycles. The molecule has 0 saturated carbocycles. The molecule has 3 heteroatoms. The van der Waals surface area contributed by atoms with Gasteiger partial charge in [0.1, 0.15) is 0 Å². The number of nitro groups is 1. The summed E-state index contributed by atoms with van der Waals surface area (Å²) >= 11 is 0. The normalized spacial score (nSPS) is 14.1. The lowest BCUT2D eigenvalue weighted by atomic mass is 9.89. The van der Waals surface area contributed by atoms with Crippen molar-refractivity contribution in [1.82, 2.24) is 0 Å². The first kappa shape index (κ1) is 12.4. The van der Waals surface area contributed by atoms with Crippen LogP contribution in [-0.4, -0.2) is 11.0 Å². The highest BCUT2D eigenvalue weighted by molar-refractivity contribution is 5.24. The molecule has 16 heavy (non-hydrogen) atoms. The molecule has 0 aliphatic heterocycles. The molecule has 0 aliphatic carbocycles. The minimum Gasteiger partial charge on any atom is -0.264 e. The summed E-state index contributed by atoms with van der Waals surface area (Å²) in [5, 5.41) is 11.0.